The predicted molar refractivity (Wildman–Crippen MR) is 121 cm³/mol. The van der Waals surface area contributed by atoms with Crippen molar-refractivity contribution in [2.75, 3.05) is 18.4 Å². The number of nitrogens with one attached hydrogen (secondary N) is 3. The Morgan fingerprint density at radius 3 is 2.84 bits per heavy atom. The molecule has 0 spiro atoms. The van der Waals surface area contributed by atoms with E-state index in [2.05, 4.69) is 37.8 Å². The van der Waals surface area contributed by atoms with Crippen LogP contribution >= 0.6 is 11.3 Å². The summed E-state index contributed by atoms with van der Waals surface area (Å²) in [4.78, 5) is 37.9. The zero-order valence-electron chi connectivity index (χ0n) is 17.6. The molecule has 0 aromatic carbocycles. The Morgan fingerprint density at radius 2 is 2.09 bits per heavy atom. The Hall–Kier alpha value is -3.11. The molecule has 166 valence electrons. The lowest BCUT2D eigenvalue weighted by Gasteiger charge is -2.41. The Labute approximate surface area is 188 Å². The zero-order valence-corrected chi connectivity index (χ0v) is 18.4. The van der Waals surface area contributed by atoms with Crippen molar-refractivity contribution in [3.05, 3.63) is 46.9 Å². The largest absolute Gasteiger partial charge is 0.465 e. The topological polar surface area (TPSA) is 129 Å². The monoisotopic (exact) mass is 452 g/mol. The van der Waals surface area contributed by atoms with Crippen molar-refractivity contribution >= 4 is 39.4 Å². The first kappa shape index (κ1) is 20.8. The number of anilines is 1. The first-order chi connectivity index (χ1) is 15.4. The van der Waals surface area contributed by atoms with Crippen LogP contribution in [-0.2, 0) is 5.54 Å². The number of pyridine rings is 2. The van der Waals surface area contributed by atoms with E-state index in [1.165, 1.54) is 0 Å². The van der Waals surface area contributed by atoms with Crippen molar-refractivity contribution in [1.29, 1.82) is 0 Å². The number of aromatic nitrogens is 3. The van der Waals surface area contributed by atoms with Gasteiger partial charge in [0.2, 0.25) is 0 Å². The third-order valence-corrected chi connectivity index (χ3v) is 7.15. The van der Waals surface area contributed by atoms with Crippen molar-refractivity contribution in [3.63, 3.8) is 0 Å². The van der Waals surface area contributed by atoms with Gasteiger partial charge in [0.25, 0.3) is 5.91 Å². The summed E-state index contributed by atoms with van der Waals surface area (Å²) < 4.78 is 0.970. The van der Waals surface area contributed by atoms with Gasteiger partial charge in [-0.15, -0.1) is 11.3 Å². The summed E-state index contributed by atoms with van der Waals surface area (Å²) in [5.74, 6) is 0.403. The van der Waals surface area contributed by atoms with Gasteiger partial charge < -0.3 is 21.1 Å². The smallest absolute Gasteiger partial charge is 0.405 e. The first-order valence-electron chi connectivity index (χ1n) is 10.7. The normalized spacial score (nSPS) is 23.1. The second kappa shape index (κ2) is 8.10. The van der Waals surface area contributed by atoms with Crippen LogP contribution in [0.4, 0.5) is 10.5 Å². The molecule has 4 heterocycles. The molecule has 32 heavy (non-hydrogen) atoms. The highest BCUT2D eigenvalue weighted by Gasteiger charge is 2.40. The number of nitrogens with zero attached hydrogens (tertiary/aromatic N) is 3. The quantitative estimate of drug-likeness (QED) is 0.467. The lowest BCUT2D eigenvalue weighted by atomic mass is 9.78. The average molecular weight is 453 g/mol. The summed E-state index contributed by atoms with van der Waals surface area (Å²) in [7, 11) is 0. The van der Waals surface area contributed by atoms with E-state index in [4.69, 9.17) is 0 Å². The van der Waals surface area contributed by atoms with Crippen molar-refractivity contribution in [2.24, 2.45) is 5.92 Å². The van der Waals surface area contributed by atoms with Gasteiger partial charge in [0.15, 0.2) is 5.65 Å². The molecule has 1 aliphatic heterocycles. The minimum atomic E-state index is -1.11. The van der Waals surface area contributed by atoms with E-state index >= 15 is 0 Å². The molecule has 3 aromatic rings. The maximum atomic E-state index is 13.1. The van der Waals surface area contributed by atoms with Crippen LogP contribution in [0.5, 0.6) is 0 Å². The highest BCUT2D eigenvalue weighted by molar-refractivity contribution is 7.18. The number of hydrogen-bond acceptors (Lipinski definition) is 7. The molecule has 4 N–H and O–H groups in total. The molecular formula is C22H24N6O3S. The Balaban J connectivity index is 1.45. The molecule has 2 fully saturated rings. The average Bonchev–Trinajstić information content (AvgIpc) is 3.52. The number of amides is 2. The van der Waals surface area contributed by atoms with Crippen molar-refractivity contribution in [3.8, 4) is 0 Å². The maximum Gasteiger partial charge on any atom is 0.405 e. The first-order valence-corrected chi connectivity index (χ1v) is 11.5. The Bertz CT molecular complexity index is 1190. The van der Waals surface area contributed by atoms with Gasteiger partial charge in [-0.05, 0) is 49.9 Å². The van der Waals surface area contributed by atoms with Crippen LogP contribution in [0.15, 0.2) is 30.6 Å². The number of rotatable bonds is 5. The molecule has 10 heteroatoms. The number of carboxylic acid groups (broad SMARTS) is 1. The second-order valence-corrected chi connectivity index (χ2v) is 9.73. The molecule has 1 saturated carbocycles. The van der Waals surface area contributed by atoms with E-state index < -0.39 is 11.6 Å². The molecule has 0 unspecified atom stereocenters. The highest BCUT2D eigenvalue weighted by atomic mass is 32.1. The third-order valence-electron chi connectivity index (χ3n) is 5.98. The molecule has 2 amide bonds. The van der Waals surface area contributed by atoms with Crippen LogP contribution in [0.3, 0.4) is 0 Å². The third kappa shape index (κ3) is 4.03. The molecule has 9 nitrogen and oxygen atoms in total. The summed E-state index contributed by atoms with van der Waals surface area (Å²) in [5.41, 5.74) is 1.11. The van der Waals surface area contributed by atoms with Gasteiger partial charge in [0.05, 0.1) is 27.1 Å². The van der Waals surface area contributed by atoms with E-state index in [0.717, 1.165) is 29.1 Å². The molecule has 3 aromatic heterocycles. The lowest BCUT2D eigenvalue weighted by Crippen LogP contribution is -2.57. The molecule has 5 rings (SSSR count). The summed E-state index contributed by atoms with van der Waals surface area (Å²) in [5, 5.41) is 19.5. The fraction of sp³-hybridized carbons (Fsp3) is 0.409. The predicted octanol–water partition coefficient (Wildman–Crippen LogP) is 3.31. The summed E-state index contributed by atoms with van der Waals surface area (Å²) in [6.07, 6.45) is 4.97. The Morgan fingerprint density at radius 1 is 1.25 bits per heavy atom. The van der Waals surface area contributed by atoms with Crippen LogP contribution in [-0.4, -0.2) is 45.1 Å². The molecule has 0 radical (unpaired) electrons. The fourth-order valence-corrected chi connectivity index (χ4v) is 5.49. The molecule has 0 bridgehead atoms. The lowest BCUT2D eigenvalue weighted by molar-refractivity contribution is 0.102. The van der Waals surface area contributed by atoms with Gasteiger partial charge in [-0.3, -0.25) is 9.78 Å². The van der Waals surface area contributed by atoms with Gasteiger partial charge >= 0.3 is 6.09 Å². The van der Waals surface area contributed by atoms with Crippen molar-refractivity contribution in [1.82, 2.24) is 25.6 Å². The number of thiazole rings is 1. The highest BCUT2D eigenvalue weighted by Crippen LogP contribution is 2.43. The summed E-state index contributed by atoms with van der Waals surface area (Å²) >= 11 is 1.63. The van der Waals surface area contributed by atoms with Crippen molar-refractivity contribution in [2.45, 2.75) is 37.6 Å². The minimum Gasteiger partial charge on any atom is -0.465 e. The molecule has 2 aliphatic rings. The SMILES string of the molecule is C[C@H]1CNC[C@@](NC(=O)O)(c2ccncc2NC(=O)c2ccc3sc(C4CC4)nc3n2)C1. The zero-order chi connectivity index (χ0) is 22.3. The molecule has 1 aliphatic carbocycles. The Kier molecular flexibility index (Phi) is 5.26. The van der Waals surface area contributed by atoms with E-state index in [1.807, 2.05) is 6.07 Å². The summed E-state index contributed by atoms with van der Waals surface area (Å²) in [6.45, 7) is 3.28. The van der Waals surface area contributed by atoms with Gasteiger partial charge in [0, 0.05) is 24.2 Å². The van der Waals surface area contributed by atoms with Gasteiger partial charge in [-0.1, -0.05) is 6.92 Å². The van der Waals surface area contributed by atoms with E-state index in [1.54, 1.807) is 35.9 Å². The van der Waals surface area contributed by atoms with E-state index in [0.29, 0.717) is 35.8 Å². The minimum absolute atomic E-state index is 0.252. The maximum absolute atomic E-state index is 13.1. The van der Waals surface area contributed by atoms with Crippen molar-refractivity contribution < 1.29 is 14.7 Å². The number of carbonyl (C=O) groups excluding carboxylic acids is 1. The van der Waals surface area contributed by atoms with Crippen LogP contribution in [0.1, 0.15) is 53.2 Å². The number of carbonyl (C=O) groups is 2. The van der Waals surface area contributed by atoms with Crippen LogP contribution < -0.4 is 16.0 Å². The molecule has 1 saturated heterocycles. The number of fused-ring (bicyclic) bond motifs is 1. The molecular weight excluding hydrogens is 428 g/mol. The van der Waals surface area contributed by atoms with Gasteiger partial charge in [-0.25, -0.2) is 14.8 Å². The second-order valence-electron chi connectivity index (χ2n) is 8.67. The van der Waals surface area contributed by atoms with Crippen LogP contribution in [0.2, 0.25) is 0 Å². The van der Waals surface area contributed by atoms with Crippen LogP contribution in [0.25, 0.3) is 10.3 Å². The van der Waals surface area contributed by atoms with E-state index in [-0.39, 0.29) is 17.5 Å². The number of piperidine rings is 1. The fourth-order valence-electron chi connectivity index (χ4n) is 4.41. The van der Waals surface area contributed by atoms with E-state index in [9.17, 15) is 14.7 Å². The molecule has 2 atom stereocenters. The summed E-state index contributed by atoms with van der Waals surface area (Å²) in [6, 6.07) is 5.33. The standard InChI is InChI=1S/C22H24N6O3S/c1-12-8-22(11-24-9-12,28-21(30)31)14-6-7-23-10-16(14)26-19(29)15-4-5-17-18(25-15)27-20(32-17)13-2-3-13/h4-7,10,12-13,24,28H,2-3,8-9,11H2,1H3,(H,26,29)(H,30,31)/t12-,22-/m1/s1. The number of hydrogen-bond donors (Lipinski definition) is 4. The van der Waals surface area contributed by atoms with Gasteiger partial charge in [0.1, 0.15) is 5.69 Å². The van der Waals surface area contributed by atoms with Crippen LogP contribution in [0, 0.1) is 5.92 Å². The van der Waals surface area contributed by atoms with Gasteiger partial charge in [-0.2, -0.15) is 0 Å².